The highest BCUT2D eigenvalue weighted by Gasteiger charge is 2.20. The van der Waals surface area contributed by atoms with Crippen molar-refractivity contribution in [3.05, 3.63) is 62.6 Å². The zero-order chi connectivity index (χ0) is 14.8. The van der Waals surface area contributed by atoms with E-state index in [1.807, 2.05) is 0 Å². The molecule has 1 nitrogen and oxygen atoms in total. The van der Waals surface area contributed by atoms with Crippen LogP contribution in [0, 0.1) is 0 Å². The number of fused-ring (bicyclic) bond motifs is 1. The standard InChI is InChI=1S/C17H16Cl3N/c18-12-9-14(19)17(15(20)10-12)21-16-8-4-2-6-11-5-1-3-7-13(11)16/h1,3,5,7,9-10,16,21H,2,4,6,8H2. The molecule has 1 N–H and O–H groups in total. The second-order valence-corrected chi connectivity index (χ2v) is 6.64. The SMILES string of the molecule is Clc1cc(Cl)c(NC2CCCCc3ccccc32)c(Cl)c1. The summed E-state index contributed by atoms with van der Waals surface area (Å²) < 4.78 is 0. The average molecular weight is 341 g/mol. The van der Waals surface area contributed by atoms with E-state index in [0.29, 0.717) is 15.1 Å². The maximum absolute atomic E-state index is 6.29. The third-order valence-corrected chi connectivity index (χ3v) is 4.76. The Bertz CT molecular complexity index is 631. The van der Waals surface area contributed by atoms with E-state index < -0.39 is 0 Å². The summed E-state index contributed by atoms with van der Waals surface area (Å²) in [6.07, 6.45) is 4.62. The summed E-state index contributed by atoms with van der Waals surface area (Å²) in [6, 6.07) is 12.3. The van der Waals surface area contributed by atoms with Crippen molar-refractivity contribution in [1.82, 2.24) is 0 Å². The molecular weight excluding hydrogens is 325 g/mol. The van der Waals surface area contributed by atoms with Gasteiger partial charge in [0.1, 0.15) is 0 Å². The van der Waals surface area contributed by atoms with Crippen LogP contribution in [-0.4, -0.2) is 0 Å². The largest absolute Gasteiger partial charge is 0.376 e. The van der Waals surface area contributed by atoms with Crippen LogP contribution in [0.15, 0.2) is 36.4 Å². The molecule has 0 aliphatic heterocycles. The lowest BCUT2D eigenvalue weighted by atomic mass is 9.99. The second kappa shape index (κ2) is 6.48. The summed E-state index contributed by atoms with van der Waals surface area (Å²) >= 11 is 18.6. The first-order valence-corrected chi connectivity index (χ1v) is 8.27. The molecule has 0 radical (unpaired) electrons. The fraction of sp³-hybridized carbons (Fsp3) is 0.294. The molecule has 0 bridgehead atoms. The number of halogens is 3. The van der Waals surface area contributed by atoms with Crippen LogP contribution in [-0.2, 0) is 6.42 Å². The minimum Gasteiger partial charge on any atom is -0.376 e. The van der Waals surface area contributed by atoms with E-state index in [-0.39, 0.29) is 6.04 Å². The molecule has 21 heavy (non-hydrogen) atoms. The Morgan fingerprint density at radius 2 is 1.67 bits per heavy atom. The van der Waals surface area contributed by atoms with E-state index in [1.165, 1.54) is 24.0 Å². The lowest BCUT2D eigenvalue weighted by Gasteiger charge is -2.22. The van der Waals surface area contributed by atoms with Gasteiger partial charge in [-0.1, -0.05) is 65.5 Å². The van der Waals surface area contributed by atoms with Gasteiger partial charge in [-0.2, -0.15) is 0 Å². The van der Waals surface area contributed by atoms with Gasteiger partial charge in [0.05, 0.1) is 21.8 Å². The normalized spacial score (nSPS) is 18.0. The number of benzene rings is 2. The van der Waals surface area contributed by atoms with Gasteiger partial charge in [-0.15, -0.1) is 0 Å². The predicted molar refractivity (Wildman–Crippen MR) is 91.8 cm³/mol. The number of aryl methyl sites for hydroxylation is 1. The van der Waals surface area contributed by atoms with Gasteiger partial charge >= 0.3 is 0 Å². The zero-order valence-corrected chi connectivity index (χ0v) is 13.8. The van der Waals surface area contributed by atoms with E-state index in [1.54, 1.807) is 12.1 Å². The Morgan fingerprint density at radius 3 is 2.43 bits per heavy atom. The molecule has 2 aromatic rings. The highest BCUT2D eigenvalue weighted by Crippen LogP contribution is 2.38. The first-order valence-electron chi connectivity index (χ1n) is 7.14. The summed E-state index contributed by atoms with van der Waals surface area (Å²) in [5.41, 5.74) is 3.52. The first-order chi connectivity index (χ1) is 10.1. The monoisotopic (exact) mass is 339 g/mol. The van der Waals surface area contributed by atoms with Crippen molar-refractivity contribution in [3.8, 4) is 0 Å². The molecule has 1 aliphatic carbocycles. The minimum atomic E-state index is 0.236. The molecule has 1 unspecified atom stereocenters. The molecule has 0 fully saturated rings. The third kappa shape index (κ3) is 3.31. The summed E-state index contributed by atoms with van der Waals surface area (Å²) in [5.74, 6) is 0. The Kier molecular flexibility index (Phi) is 4.63. The van der Waals surface area contributed by atoms with Crippen LogP contribution in [0.2, 0.25) is 15.1 Å². The molecule has 1 aliphatic rings. The molecule has 0 amide bonds. The van der Waals surface area contributed by atoms with Crippen molar-refractivity contribution in [3.63, 3.8) is 0 Å². The van der Waals surface area contributed by atoms with E-state index in [9.17, 15) is 0 Å². The first kappa shape index (κ1) is 15.0. The van der Waals surface area contributed by atoms with Gasteiger partial charge in [0.15, 0.2) is 0 Å². The summed E-state index contributed by atoms with van der Waals surface area (Å²) in [7, 11) is 0. The molecule has 3 rings (SSSR count). The molecule has 2 aromatic carbocycles. The van der Waals surface area contributed by atoms with Crippen molar-refractivity contribution in [1.29, 1.82) is 0 Å². The van der Waals surface area contributed by atoms with Crippen molar-refractivity contribution < 1.29 is 0 Å². The van der Waals surface area contributed by atoms with E-state index >= 15 is 0 Å². The number of nitrogens with one attached hydrogen (secondary N) is 1. The summed E-state index contributed by atoms with van der Waals surface area (Å²) in [5, 5.41) is 5.20. The number of rotatable bonds is 2. The quantitative estimate of drug-likeness (QED) is 0.613. The number of hydrogen-bond donors (Lipinski definition) is 1. The zero-order valence-electron chi connectivity index (χ0n) is 11.5. The molecular formula is C17H16Cl3N. The van der Waals surface area contributed by atoms with Gasteiger partial charge in [0.25, 0.3) is 0 Å². The maximum Gasteiger partial charge on any atom is 0.0724 e. The van der Waals surface area contributed by atoms with Crippen LogP contribution in [0.3, 0.4) is 0 Å². The van der Waals surface area contributed by atoms with E-state index in [0.717, 1.165) is 18.5 Å². The van der Waals surface area contributed by atoms with Crippen LogP contribution >= 0.6 is 34.8 Å². The van der Waals surface area contributed by atoms with Gasteiger partial charge < -0.3 is 5.32 Å². The fourth-order valence-electron chi connectivity index (χ4n) is 2.93. The van der Waals surface area contributed by atoms with Crippen molar-refractivity contribution >= 4 is 40.5 Å². The molecule has 0 saturated heterocycles. The Labute approximate surface area is 140 Å². The summed E-state index contributed by atoms with van der Waals surface area (Å²) in [4.78, 5) is 0. The Morgan fingerprint density at radius 1 is 0.952 bits per heavy atom. The fourth-order valence-corrected chi connectivity index (χ4v) is 3.85. The van der Waals surface area contributed by atoms with Gasteiger partial charge in [0, 0.05) is 5.02 Å². The molecule has 0 saturated carbocycles. The molecule has 110 valence electrons. The lowest BCUT2D eigenvalue weighted by molar-refractivity contribution is 0.644. The minimum absolute atomic E-state index is 0.236. The van der Waals surface area contributed by atoms with Crippen LogP contribution in [0.25, 0.3) is 0 Å². The van der Waals surface area contributed by atoms with Crippen LogP contribution in [0.4, 0.5) is 5.69 Å². The lowest BCUT2D eigenvalue weighted by Crippen LogP contribution is -2.12. The van der Waals surface area contributed by atoms with Crippen LogP contribution in [0.1, 0.15) is 36.4 Å². The van der Waals surface area contributed by atoms with Crippen LogP contribution in [0.5, 0.6) is 0 Å². The Hall–Kier alpha value is -0.890. The molecule has 0 aromatic heterocycles. The van der Waals surface area contributed by atoms with Crippen molar-refractivity contribution in [2.45, 2.75) is 31.7 Å². The maximum atomic E-state index is 6.29. The molecule has 0 spiro atoms. The van der Waals surface area contributed by atoms with E-state index in [4.69, 9.17) is 34.8 Å². The smallest absolute Gasteiger partial charge is 0.0724 e. The van der Waals surface area contributed by atoms with Gasteiger partial charge in [-0.25, -0.2) is 0 Å². The van der Waals surface area contributed by atoms with E-state index in [2.05, 4.69) is 29.6 Å². The average Bonchev–Trinajstić information content (AvgIpc) is 2.65. The highest BCUT2D eigenvalue weighted by molar-refractivity contribution is 6.41. The molecule has 4 heteroatoms. The number of hydrogen-bond acceptors (Lipinski definition) is 1. The molecule has 1 atom stereocenters. The topological polar surface area (TPSA) is 12.0 Å². The third-order valence-electron chi connectivity index (χ3n) is 3.94. The second-order valence-electron chi connectivity index (χ2n) is 5.39. The van der Waals surface area contributed by atoms with Gasteiger partial charge in [0.2, 0.25) is 0 Å². The van der Waals surface area contributed by atoms with Crippen molar-refractivity contribution in [2.24, 2.45) is 0 Å². The van der Waals surface area contributed by atoms with Gasteiger partial charge in [-0.3, -0.25) is 0 Å². The number of anilines is 1. The highest BCUT2D eigenvalue weighted by atomic mass is 35.5. The predicted octanol–water partition coefficient (Wildman–Crippen LogP) is 6.53. The molecule has 0 heterocycles. The Balaban J connectivity index is 1.95. The van der Waals surface area contributed by atoms with Gasteiger partial charge in [-0.05, 0) is 42.5 Å². The van der Waals surface area contributed by atoms with Crippen molar-refractivity contribution in [2.75, 3.05) is 5.32 Å². The summed E-state index contributed by atoms with van der Waals surface area (Å²) in [6.45, 7) is 0. The van der Waals surface area contributed by atoms with Crippen LogP contribution < -0.4 is 5.32 Å².